The number of cyclic esters (lactones) is 1. The molecule has 5 bridgehead atoms. The maximum absolute atomic E-state index is 13.9. The van der Waals surface area contributed by atoms with Crippen molar-refractivity contribution < 1.29 is 29.0 Å². The first-order valence-electron chi connectivity index (χ1n) is 16.0. The second-order valence-electron chi connectivity index (χ2n) is 13.1. The number of nitrogens with zero attached hydrogens (tertiary/aromatic N) is 3. The van der Waals surface area contributed by atoms with Crippen LogP contribution in [0, 0.1) is 11.3 Å². The monoisotopic (exact) mass is 619 g/mol. The number of benzene rings is 1. The van der Waals surface area contributed by atoms with Crippen molar-refractivity contribution >= 4 is 40.7 Å². The summed E-state index contributed by atoms with van der Waals surface area (Å²) in [6.07, 6.45) is 4.87. The number of likely N-dealkylation sites (N-methyl/N-ethyl adjacent to an activating group) is 1. The first-order chi connectivity index (χ1) is 21.4. The van der Waals surface area contributed by atoms with E-state index in [0.29, 0.717) is 45.1 Å². The molecule has 45 heavy (non-hydrogen) atoms. The number of aliphatic hydroxyl groups is 1. The maximum Gasteiger partial charge on any atom is 0.316 e. The fourth-order valence-corrected chi connectivity index (χ4v) is 6.37. The van der Waals surface area contributed by atoms with Gasteiger partial charge in [0.05, 0.1) is 28.8 Å². The van der Waals surface area contributed by atoms with E-state index in [1.54, 1.807) is 32.7 Å². The summed E-state index contributed by atoms with van der Waals surface area (Å²) in [5.41, 5.74) is 4.37. The van der Waals surface area contributed by atoms with Crippen LogP contribution in [0.1, 0.15) is 83.5 Å². The van der Waals surface area contributed by atoms with Crippen LogP contribution in [0.15, 0.2) is 36.4 Å². The van der Waals surface area contributed by atoms with Gasteiger partial charge in [-0.15, -0.1) is 0 Å². The van der Waals surface area contributed by atoms with Crippen molar-refractivity contribution in [2.24, 2.45) is 11.3 Å². The van der Waals surface area contributed by atoms with Crippen LogP contribution < -0.4 is 10.7 Å². The predicted molar refractivity (Wildman–Crippen MR) is 169 cm³/mol. The Morgan fingerprint density at radius 2 is 1.73 bits per heavy atom. The Kier molecular flexibility index (Phi) is 9.60. The molecule has 2 aliphatic heterocycles. The lowest BCUT2D eigenvalue weighted by atomic mass is 9.72. The molecule has 242 valence electrons. The number of esters is 1. The number of amides is 3. The predicted octanol–water partition coefficient (Wildman–Crippen LogP) is 3.27. The Morgan fingerprint density at radius 3 is 2.44 bits per heavy atom. The van der Waals surface area contributed by atoms with Crippen molar-refractivity contribution in [1.82, 2.24) is 25.6 Å². The first-order valence-corrected chi connectivity index (χ1v) is 16.0. The van der Waals surface area contributed by atoms with Gasteiger partial charge in [0, 0.05) is 19.0 Å². The lowest BCUT2D eigenvalue weighted by Crippen LogP contribution is -2.61. The zero-order valence-electron chi connectivity index (χ0n) is 26.8. The van der Waals surface area contributed by atoms with Gasteiger partial charge in [-0.3, -0.25) is 29.2 Å². The molecule has 1 aromatic heterocycles. The third kappa shape index (κ3) is 6.89. The van der Waals surface area contributed by atoms with E-state index in [-0.39, 0.29) is 23.8 Å². The molecule has 11 heteroatoms. The number of ether oxygens (including phenoxy) is 1. The molecule has 3 amide bonds. The fourth-order valence-electron chi connectivity index (χ4n) is 6.37. The van der Waals surface area contributed by atoms with Crippen molar-refractivity contribution in [2.45, 2.75) is 96.6 Å². The highest BCUT2D eigenvalue weighted by Crippen LogP contribution is 2.40. The second kappa shape index (κ2) is 13.3. The van der Waals surface area contributed by atoms with E-state index in [9.17, 15) is 24.3 Å². The van der Waals surface area contributed by atoms with Crippen LogP contribution in [0.25, 0.3) is 17.0 Å². The third-order valence-electron chi connectivity index (χ3n) is 9.52. The molecule has 2 aromatic rings. The number of carbonyl (C=O) groups is 4. The van der Waals surface area contributed by atoms with E-state index < -0.39 is 41.6 Å². The number of pyridine rings is 1. The molecule has 1 saturated heterocycles. The third-order valence-corrected chi connectivity index (χ3v) is 9.52. The highest BCUT2D eigenvalue weighted by molar-refractivity contribution is 5.92. The van der Waals surface area contributed by atoms with Crippen LogP contribution in [-0.4, -0.2) is 81.6 Å². The van der Waals surface area contributed by atoms with Crippen molar-refractivity contribution in [3.05, 3.63) is 47.7 Å². The van der Waals surface area contributed by atoms with Gasteiger partial charge in [-0.05, 0) is 76.0 Å². The summed E-state index contributed by atoms with van der Waals surface area (Å²) >= 11 is 0. The molecule has 1 aliphatic carbocycles. The molecule has 11 nitrogen and oxygen atoms in total. The average molecular weight is 620 g/mol. The van der Waals surface area contributed by atoms with Gasteiger partial charge in [0.1, 0.15) is 12.1 Å². The van der Waals surface area contributed by atoms with E-state index in [0.717, 1.165) is 22.2 Å². The number of hydrogen-bond donors (Lipinski definition) is 3. The van der Waals surface area contributed by atoms with E-state index in [1.807, 2.05) is 49.4 Å². The smallest absolute Gasteiger partial charge is 0.316 e. The molecule has 3 aliphatic rings. The van der Waals surface area contributed by atoms with Gasteiger partial charge >= 0.3 is 5.97 Å². The molecular formula is C34H45N5O6. The molecule has 3 N–H and O–H groups in total. The molecule has 0 radical (unpaired) electrons. The van der Waals surface area contributed by atoms with Crippen molar-refractivity contribution in [2.75, 3.05) is 13.6 Å². The molecule has 1 spiro atoms. The number of rotatable bonds is 1. The van der Waals surface area contributed by atoms with Gasteiger partial charge in [0.2, 0.25) is 5.91 Å². The molecule has 2 fully saturated rings. The van der Waals surface area contributed by atoms with E-state index in [4.69, 9.17) is 9.72 Å². The van der Waals surface area contributed by atoms with Gasteiger partial charge in [-0.25, -0.2) is 5.43 Å². The largest absolute Gasteiger partial charge is 0.451 e. The highest BCUT2D eigenvalue weighted by atomic mass is 16.5. The highest BCUT2D eigenvalue weighted by Gasteiger charge is 2.43. The van der Waals surface area contributed by atoms with Crippen molar-refractivity contribution in [3.63, 3.8) is 0 Å². The topological polar surface area (TPSA) is 141 Å². The minimum absolute atomic E-state index is 0.157. The number of nitrogens with one attached hydrogen (secondary N) is 2. The Balaban J connectivity index is 1.55. The SMILES string of the molecule is CC(C)[C@@H]1OC(=O)C2(/C=C\c3ccc4ccc(nc4c3)[C@@H](C)N(C)C(=O)[C@@H]3CCCN(N3)C(=O)[C@H](C)NC1=O)CCC(O)CC2. The van der Waals surface area contributed by atoms with Crippen molar-refractivity contribution in [1.29, 1.82) is 0 Å². The van der Waals surface area contributed by atoms with Crippen molar-refractivity contribution in [3.8, 4) is 0 Å². The number of carbonyl (C=O) groups excluding carboxylic acids is 4. The zero-order chi connectivity index (χ0) is 32.5. The normalized spacial score (nSPS) is 31.3. The summed E-state index contributed by atoms with van der Waals surface area (Å²) in [5, 5.41) is 15.3. The second-order valence-corrected chi connectivity index (χ2v) is 13.1. The Bertz CT molecular complexity index is 1480. The Labute approximate surface area is 264 Å². The molecule has 5 rings (SSSR count). The van der Waals surface area contributed by atoms with Crippen LogP contribution >= 0.6 is 0 Å². The summed E-state index contributed by atoms with van der Waals surface area (Å²) in [6, 6.07) is 7.89. The minimum atomic E-state index is -1.12. The fraction of sp³-hybridized carbons (Fsp3) is 0.559. The summed E-state index contributed by atoms with van der Waals surface area (Å²) in [5.74, 6) is -1.99. The molecule has 1 saturated carbocycles. The summed E-state index contributed by atoms with van der Waals surface area (Å²) in [6.45, 7) is 7.47. The lowest BCUT2D eigenvalue weighted by molar-refractivity contribution is -0.168. The van der Waals surface area contributed by atoms with Crippen LogP contribution in [-0.2, 0) is 23.9 Å². The van der Waals surface area contributed by atoms with Gasteiger partial charge < -0.3 is 20.1 Å². The number of aromatic nitrogens is 1. The van der Waals surface area contributed by atoms with Gasteiger partial charge in [0.25, 0.3) is 11.8 Å². The van der Waals surface area contributed by atoms with Crippen LogP contribution in [0.4, 0.5) is 0 Å². The molecule has 1 aromatic carbocycles. The van der Waals surface area contributed by atoms with E-state index >= 15 is 0 Å². The summed E-state index contributed by atoms with van der Waals surface area (Å²) < 4.78 is 5.95. The molecule has 3 heterocycles. The van der Waals surface area contributed by atoms with Gasteiger partial charge in [-0.1, -0.05) is 44.2 Å². The average Bonchev–Trinajstić information content (AvgIpc) is 3.04. The number of hydrogen-bond acceptors (Lipinski definition) is 8. The molecule has 0 unspecified atom stereocenters. The summed E-state index contributed by atoms with van der Waals surface area (Å²) in [7, 11) is 1.74. The van der Waals surface area contributed by atoms with E-state index in [1.165, 1.54) is 5.01 Å². The minimum Gasteiger partial charge on any atom is -0.451 e. The maximum atomic E-state index is 13.9. The van der Waals surface area contributed by atoms with E-state index in [2.05, 4.69) is 10.7 Å². The first kappa shape index (κ1) is 32.6. The summed E-state index contributed by atoms with van der Waals surface area (Å²) in [4.78, 5) is 60.9. The number of aliphatic hydroxyl groups excluding tert-OH is 1. The standard InChI is InChI=1S/C34H45N5O6/c1-20(2)29-30(41)35-21(3)31(42)39-18-6-7-27(37-39)32(43)38(5)22(4)26-11-10-24-9-8-23(19-28(24)36-26)12-15-34(33(44)45-29)16-13-25(40)14-17-34/h8-12,15,19-22,25,27,29,37,40H,6-7,13-14,16-18H2,1-5H3,(H,35,41)/b15-12-/t21-,22+,25?,27-,29-,34?/m0/s1. The Hall–Kier alpha value is -3.83. The van der Waals surface area contributed by atoms with Crippen LogP contribution in [0.2, 0.25) is 0 Å². The van der Waals surface area contributed by atoms with Crippen LogP contribution in [0.3, 0.4) is 0 Å². The zero-order valence-corrected chi connectivity index (χ0v) is 26.8. The van der Waals surface area contributed by atoms with Crippen LogP contribution in [0.5, 0.6) is 0 Å². The molecule has 4 atom stereocenters. The van der Waals surface area contributed by atoms with Gasteiger partial charge in [0.15, 0.2) is 6.10 Å². The lowest BCUT2D eigenvalue weighted by Gasteiger charge is -2.37. The Morgan fingerprint density at radius 1 is 1.02 bits per heavy atom. The number of fused-ring (bicyclic) bond motifs is 4. The number of hydrazine groups is 1. The molecular weight excluding hydrogens is 574 g/mol. The quantitative estimate of drug-likeness (QED) is 0.413. The van der Waals surface area contributed by atoms with Gasteiger partial charge in [-0.2, -0.15) is 0 Å².